The van der Waals surface area contributed by atoms with Crippen molar-refractivity contribution in [1.82, 2.24) is 0 Å². The molecule has 0 aliphatic heterocycles. The molecule has 0 bridgehead atoms. The third-order valence-electron chi connectivity index (χ3n) is 2.33. The number of aryl methyl sites for hydroxylation is 1. The first-order chi connectivity index (χ1) is 6.76. The van der Waals surface area contributed by atoms with Gasteiger partial charge in [0.05, 0.1) is 0 Å². The van der Waals surface area contributed by atoms with E-state index in [1.165, 1.54) is 12.1 Å². The number of hydrogen-bond donors (Lipinski definition) is 1. The van der Waals surface area contributed by atoms with Gasteiger partial charge in [-0.25, -0.2) is 4.39 Å². The normalized spacial score (nSPS) is 11.1. The molecule has 0 radical (unpaired) electrons. The van der Waals surface area contributed by atoms with Crippen molar-refractivity contribution in [2.24, 2.45) is 0 Å². The minimum absolute atomic E-state index is 0.139. The van der Waals surface area contributed by atoms with E-state index in [9.17, 15) is 4.39 Å². The van der Waals surface area contributed by atoms with Gasteiger partial charge in [-0.3, -0.25) is 0 Å². The molecule has 0 aliphatic carbocycles. The number of aliphatic hydroxyl groups is 1. The van der Waals surface area contributed by atoms with Crippen molar-refractivity contribution in [3.8, 4) is 0 Å². The molecule has 2 aromatic rings. The van der Waals surface area contributed by atoms with Crippen LogP contribution < -0.4 is 0 Å². The Labute approximate surface area is 81.0 Å². The Hall–Kier alpha value is -1.35. The molecule has 0 unspecified atom stereocenters. The smallest absolute Gasteiger partial charge is 0.134 e. The molecule has 14 heavy (non-hydrogen) atoms. The highest BCUT2D eigenvalue weighted by Crippen LogP contribution is 2.27. The van der Waals surface area contributed by atoms with Gasteiger partial charge in [0.25, 0.3) is 0 Å². The fourth-order valence-electron chi connectivity index (χ4n) is 1.69. The predicted molar refractivity (Wildman–Crippen MR) is 51.5 cm³/mol. The molecule has 0 aliphatic rings. The van der Waals surface area contributed by atoms with Crippen LogP contribution in [0.15, 0.2) is 22.6 Å². The Kier molecular flexibility index (Phi) is 2.25. The van der Waals surface area contributed by atoms with Crippen LogP contribution in [0.5, 0.6) is 0 Å². The molecular weight excluding hydrogens is 183 g/mol. The molecule has 0 fully saturated rings. The quantitative estimate of drug-likeness (QED) is 0.797. The van der Waals surface area contributed by atoms with Crippen LogP contribution in [0.2, 0.25) is 0 Å². The summed E-state index contributed by atoms with van der Waals surface area (Å²) in [5, 5.41) is 9.79. The lowest BCUT2D eigenvalue weighted by Crippen LogP contribution is -1.86. The van der Waals surface area contributed by atoms with Gasteiger partial charge < -0.3 is 9.52 Å². The zero-order valence-electron chi connectivity index (χ0n) is 7.88. The van der Waals surface area contributed by atoms with E-state index < -0.39 is 0 Å². The zero-order valence-corrected chi connectivity index (χ0v) is 7.88. The van der Waals surface area contributed by atoms with Gasteiger partial charge in [-0.2, -0.15) is 0 Å². The monoisotopic (exact) mass is 194 g/mol. The fourth-order valence-corrected chi connectivity index (χ4v) is 1.69. The van der Waals surface area contributed by atoms with E-state index in [1.807, 2.05) is 6.92 Å². The van der Waals surface area contributed by atoms with E-state index in [4.69, 9.17) is 9.52 Å². The van der Waals surface area contributed by atoms with Crippen molar-refractivity contribution in [2.75, 3.05) is 0 Å². The summed E-state index contributed by atoms with van der Waals surface area (Å²) in [5.41, 5.74) is 1.52. The number of fused-ring (bicyclic) bond motifs is 1. The van der Waals surface area contributed by atoms with Crippen LogP contribution >= 0.6 is 0 Å². The largest absolute Gasteiger partial charge is 0.458 e. The van der Waals surface area contributed by atoms with Gasteiger partial charge in [0, 0.05) is 10.9 Å². The third-order valence-corrected chi connectivity index (χ3v) is 2.33. The van der Waals surface area contributed by atoms with Crippen LogP contribution in [0.4, 0.5) is 4.39 Å². The Morgan fingerprint density at radius 2 is 2.21 bits per heavy atom. The van der Waals surface area contributed by atoms with Crippen molar-refractivity contribution in [3.05, 3.63) is 35.3 Å². The highest BCUT2D eigenvalue weighted by Gasteiger charge is 2.11. The average molecular weight is 194 g/mol. The summed E-state index contributed by atoms with van der Waals surface area (Å²) >= 11 is 0. The molecule has 0 saturated carbocycles. The number of hydrogen-bond acceptors (Lipinski definition) is 2. The van der Waals surface area contributed by atoms with Gasteiger partial charge in [-0.1, -0.05) is 6.92 Å². The molecule has 0 atom stereocenters. The Morgan fingerprint density at radius 1 is 1.43 bits per heavy atom. The van der Waals surface area contributed by atoms with Crippen LogP contribution in [0, 0.1) is 5.82 Å². The average Bonchev–Trinajstić information content (AvgIpc) is 2.54. The van der Waals surface area contributed by atoms with Crippen molar-refractivity contribution >= 4 is 11.0 Å². The SMILES string of the molecule is CCc1c(CO)oc2ccc(F)cc12. The molecule has 0 spiro atoms. The summed E-state index contributed by atoms with van der Waals surface area (Å²) in [6, 6.07) is 4.38. The Bertz CT molecular complexity index is 460. The molecule has 1 N–H and O–H groups in total. The predicted octanol–water partition coefficient (Wildman–Crippen LogP) is 2.63. The summed E-state index contributed by atoms with van der Waals surface area (Å²) in [6.07, 6.45) is 0.729. The standard InChI is InChI=1S/C11H11FO2/c1-2-8-9-5-7(12)3-4-10(9)14-11(8)6-13/h3-5,13H,2,6H2,1H3. The van der Waals surface area contributed by atoms with E-state index >= 15 is 0 Å². The van der Waals surface area contributed by atoms with Crippen LogP contribution in [-0.2, 0) is 13.0 Å². The first-order valence-electron chi connectivity index (χ1n) is 4.57. The summed E-state index contributed by atoms with van der Waals surface area (Å²) in [4.78, 5) is 0. The summed E-state index contributed by atoms with van der Waals surface area (Å²) in [6.45, 7) is 1.81. The van der Waals surface area contributed by atoms with Crippen LogP contribution in [-0.4, -0.2) is 5.11 Å². The van der Waals surface area contributed by atoms with E-state index in [2.05, 4.69) is 0 Å². The number of furan rings is 1. The van der Waals surface area contributed by atoms with E-state index in [0.29, 0.717) is 11.3 Å². The summed E-state index contributed by atoms with van der Waals surface area (Å²) in [5.74, 6) is 0.255. The number of halogens is 1. The third kappa shape index (κ3) is 1.30. The van der Waals surface area contributed by atoms with Gasteiger partial charge in [-0.15, -0.1) is 0 Å². The van der Waals surface area contributed by atoms with Crippen molar-refractivity contribution < 1.29 is 13.9 Å². The molecule has 0 amide bonds. The van der Waals surface area contributed by atoms with Crippen molar-refractivity contribution in [2.45, 2.75) is 20.0 Å². The molecule has 2 rings (SSSR count). The minimum Gasteiger partial charge on any atom is -0.458 e. The van der Waals surface area contributed by atoms with Crippen molar-refractivity contribution in [3.63, 3.8) is 0 Å². The molecular formula is C11H11FO2. The van der Waals surface area contributed by atoms with E-state index in [-0.39, 0.29) is 12.4 Å². The molecule has 3 heteroatoms. The number of rotatable bonds is 2. The maximum absolute atomic E-state index is 13.0. The highest BCUT2D eigenvalue weighted by molar-refractivity contribution is 5.82. The van der Waals surface area contributed by atoms with Crippen LogP contribution in [0.3, 0.4) is 0 Å². The molecule has 1 aromatic carbocycles. The van der Waals surface area contributed by atoms with Gasteiger partial charge in [0.2, 0.25) is 0 Å². The lowest BCUT2D eigenvalue weighted by atomic mass is 10.1. The second kappa shape index (κ2) is 3.42. The summed E-state index contributed by atoms with van der Waals surface area (Å²) < 4.78 is 18.3. The second-order valence-electron chi connectivity index (χ2n) is 3.16. The fraction of sp³-hybridized carbons (Fsp3) is 0.273. The lowest BCUT2D eigenvalue weighted by molar-refractivity contribution is 0.249. The number of aliphatic hydroxyl groups excluding tert-OH is 1. The zero-order chi connectivity index (χ0) is 10.1. The van der Waals surface area contributed by atoms with Crippen molar-refractivity contribution in [1.29, 1.82) is 0 Å². The minimum atomic E-state index is -0.280. The molecule has 1 heterocycles. The number of benzene rings is 1. The topological polar surface area (TPSA) is 33.4 Å². The van der Waals surface area contributed by atoms with Gasteiger partial charge >= 0.3 is 0 Å². The van der Waals surface area contributed by atoms with Gasteiger partial charge in [0.15, 0.2) is 0 Å². The molecule has 74 valence electrons. The van der Waals surface area contributed by atoms with Crippen LogP contribution in [0.25, 0.3) is 11.0 Å². The summed E-state index contributed by atoms with van der Waals surface area (Å²) in [7, 11) is 0. The lowest BCUT2D eigenvalue weighted by Gasteiger charge is -1.94. The van der Waals surface area contributed by atoms with Gasteiger partial charge in [0.1, 0.15) is 23.8 Å². The first-order valence-corrected chi connectivity index (χ1v) is 4.57. The maximum Gasteiger partial charge on any atom is 0.134 e. The second-order valence-corrected chi connectivity index (χ2v) is 3.16. The molecule has 0 saturated heterocycles. The van der Waals surface area contributed by atoms with Crippen LogP contribution in [0.1, 0.15) is 18.2 Å². The molecule has 1 aromatic heterocycles. The first kappa shape index (κ1) is 9.21. The highest BCUT2D eigenvalue weighted by atomic mass is 19.1. The van der Waals surface area contributed by atoms with E-state index in [1.54, 1.807) is 6.07 Å². The van der Waals surface area contributed by atoms with Gasteiger partial charge in [-0.05, 0) is 24.6 Å². The van der Waals surface area contributed by atoms with E-state index in [0.717, 1.165) is 17.4 Å². The molecule has 2 nitrogen and oxygen atoms in total. The Balaban J connectivity index is 2.74. The Morgan fingerprint density at radius 3 is 2.86 bits per heavy atom. The maximum atomic E-state index is 13.0.